The van der Waals surface area contributed by atoms with Crippen LogP contribution in [-0.4, -0.2) is 51.8 Å². The molecular formula is C25H28N2O5S. The molecule has 0 unspecified atom stereocenters. The van der Waals surface area contributed by atoms with E-state index in [1.807, 2.05) is 37.3 Å². The van der Waals surface area contributed by atoms with Crippen LogP contribution in [0.3, 0.4) is 0 Å². The lowest BCUT2D eigenvalue weighted by molar-refractivity contribution is -0.114. The standard InChI is InChI=1S/C25H28N2O5S/c1-4-31-20-9-7-16(12-21(20)30-3)13-23-25(29)27(2)19-14-17(8-10-22(19)33-23)24(28)26-15-18-6-5-11-32-18/h7-10,12-14,18H,4-6,11,15H2,1-3H3,(H,26,28)/b23-13+/t18-/m1/s1. The topological polar surface area (TPSA) is 77.1 Å². The van der Waals surface area contributed by atoms with E-state index in [9.17, 15) is 9.59 Å². The summed E-state index contributed by atoms with van der Waals surface area (Å²) in [7, 11) is 3.31. The largest absolute Gasteiger partial charge is 0.493 e. The van der Waals surface area contributed by atoms with Crippen LogP contribution in [0.2, 0.25) is 0 Å². The first-order chi connectivity index (χ1) is 16.0. The normalized spacial score (nSPS) is 18.9. The predicted molar refractivity (Wildman–Crippen MR) is 129 cm³/mol. The van der Waals surface area contributed by atoms with Crippen molar-refractivity contribution < 1.29 is 23.8 Å². The zero-order valence-corrected chi connectivity index (χ0v) is 19.9. The van der Waals surface area contributed by atoms with Crippen LogP contribution < -0.4 is 19.7 Å². The number of carbonyl (C=O) groups excluding carboxylic acids is 2. The molecule has 2 amide bonds. The Hall–Kier alpha value is -2.97. The zero-order valence-electron chi connectivity index (χ0n) is 19.1. The summed E-state index contributed by atoms with van der Waals surface area (Å²) >= 11 is 1.39. The van der Waals surface area contributed by atoms with E-state index < -0.39 is 0 Å². The molecule has 1 saturated heterocycles. The molecule has 2 aliphatic rings. The minimum Gasteiger partial charge on any atom is -0.493 e. The quantitative estimate of drug-likeness (QED) is 0.617. The van der Waals surface area contributed by atoms with Gasteiger partial charge < -0.3 is 24.4 Å². The summed E-state index contributed by atoms with van der Waals surface area (Å²) in [5.41, 5.74) is 2.08. The molecule has 1 fully saturated rings. The third-order valence-corrected chi connectivity index (χ3v) is 6.69. The molecule has 8 heteroatoms. The van der Waals surface area contributed by atoms with Crippen molar-refractivity contribution in [3.8, 4) is 11.5 Å². The SMILES string of the molecule is CCOc1ccc(/C=C2/Sc3ccc(C(=O)NC[C@H]4CCCO4)cc3N(C)C2=O)cc1OC. The minimum absolute atomic E-state index is 0.0836. The number of hydrogen-bond donors (Lipinski definition) is 1. The number of ether oxygens (including phenoxy) is 3. The van der Waals surface area contributed by atoms with Crippen LogP contribution in [0.25, 0.3) is 6.08 Å². The Balaban J connectivity index is 1.52. The predicted octanol–water partition coefficient (Wildman–Crippen LogP) is 4.11. The van der Waals surface area contributed by atoms with Gasteiger partial charge in [-0.15, -0.1) is 0 Å². The van der Waals surface area contributed by atoms with E-state index in [0.717, 1.165) is 35.6 Å². The van der Waals surface area contributed by atoms with Crippen molar-refractivity contribution in [2.24, 2.45) is 0 Å². The molecule has 0 aromatic heterocycles. The maximum absolute atomic E-state index is 13.1. The van der Waals surface area contributed by atoms with Crippen LogP contribution >= 0.6 is 11.8 Å². The van der Waals surface area contributed by atoms with Gasteiger partial charge in [-0.25, -0.2) is 0 Å². The number of nitrogens with zero attached hydrogens (tertiary/aromatic N) is 1. The number of anilines is 1. The molecule has 2 aliphatic heterocycles. The summed E-state index contributed by atoms with van der Waals surface area (Å²) in [6.45, 7) is 3.71. The van der Waals surface area contributed by atoms with E-state index in [2.05, 4.69) is 5.32 Å². The van der Waals surface area contributed by atoms with E-state index in [4.69, 9.17) is 14.2 Å². The van der Waals surface area contributed by atoms with Gasteiger partial charge in [0.05, 0.1) is 30.4 Å². The van der Waals surface area contributed by atoms with Crippen molar-refractivity contribution in [3.05, 3.63) is 52.4 Å². The molecule has 7 nitrogen and oxygen atoms in total. The van der Waals surface area contributed by atoms with E-state index in [0.29, 0.717) is 35.1 Å². The minimum atomic E-state index is -0.165. The van der Waals surface area contributed by atoms with Gasteiger partial charge >= 0.3 is 0 Å². The summed E-state index contributed by atoms with van der Waals surface area (Å²) < 4.78 is 16.5. The van der Waals surface area contributed by atoms with Crippen LogP contribution in [-0.2, 0) is 9.53 Å². The van der Waals surface area contributed by atoms with Crippen molar-refractivity contribution in [2.75, 3.05) is 38.8 Å². The summed E-state index contributed by atoms with van der Waals surface area (Å²) in [5, 5.41) is 2.93. The lowest BCUT2D eigenvalue weighted by Crippen LogP contribution is -2.33. The summed E-state index contributed by atoms with van der Waals surface area (Å²) in [6.07, 6.45) is 3.92. The summed E-state index contributed by atoms with van der Waals surface area (Å²) in [4.78, 5) is 28.8. The van der Waals surface area contributed by atoms with Crippen LogP contribution in [0.15, 0.2) is 46.2 Å². The first-order valence-electron chi connectivity index (χ1n) is 11.0. The Morgan fingerprint density at radius 2 is 2.12 bits per heavy atom. The summed E-state index contributed by atoms with van der Waals surface area (Å²) in [6, 6.07) is 11.0. The van der Waals surface area contributed by atoms with E-state index in [1.54, 1.807) is 31.2 Å². The smallest absolute Gasteiger partial charge is 0.264 e. The maximum Gasteiger partial charge on any atom is 0.264 e. The fourth-order valence-electron chi connectivity index (χ4n) is 3.85. The molecule has 2 heterocycles. The van der Waals surface area contributed by atoms with Crippen molar-refractivity contribution in [2.45, 2.75) is 30.8 Å². The number of methoxy groups -OCH3 is 1. The lowest BCUT2D eigenvalue weighted by Gasteiger charge is -2.27. The average molecular weight is 469 g/mol. The van der Waals surface area contributed by atoms with Crippen molar-refractivity contribution in [1.82, 2.24) is 5.32 Å². The summed E-state index contributed by atoms with van der Waals surface area (Å²) in [5.74, 6) is 0.989. The Kier molecular flexibility index (Phi) is 7.25. The molecular weight excluding hydrogens is 440 g/mol. The number of thioether (sulfide) groups is 1. The first-order valence-corrected chi connectivity index (χ1v) is 11.8. The molecule has 0 aliphatic carbocycles. The van der Waals surface area contributed by atoms with Crippen molar-refractivity contribution in [3.63, 3.8) is 0 Å². The van der Waals surface area contributed by atoms with Crippen molar-refractivity contribution in [1.29, 1.82) is 0 Å². The fourth-order valence-corrected chi connectivity index (χ4v) is 4.94. The van der Waals surface area contributed by atoms with Gasteiger partial charge in [0, 0.05) is 30.7 Å². The molecule has 2 aromatic rings. The molecule has 1 N–H and O–H groups in total. The monoisotopic (exact) mass is 468 g/mol. The first kappa shape index (κ1) is 23.2. The van der Waals surface area contributed by atoms with Gasteiger partial charge in [0.2, 0.25) is 0 Å². The number of fused-ring (bicyclic) bond motifs is 1. The highest BCUT2D eigenvalue weighted by atomic mass is 32.2. The lowest BCUT2D eigenvalue weighted by atomic mass is 10.1. The van der Waals surface area contributed by atoms with Gasteiger partial charge in [-0.3, -0.25) is 9.59 Å². The highest BCUT2D eigenvalue weighted by molar-refractivity contribution is 8.04. The maximum atomic E-state index is 13.1. The zero-order chi connectivity index (χ0) is 23.4. The molecule has 0 spiro atoms. The van der Waals surface area contributed by atoms with Crippen molar-refractivity contribution >= 4 is 35.3 Å². The van der Waals surface area contributed by atoms with Gasteiger partial charge in [-0.05, 0) is 61.7 Å². The average Bonchev–Trinajstić information content (AvgIpc) is 3.35. The molecule has 2 aromatic carbocycles. The molecule has 174 valence electrons. The van der Waals surface area contributed by atoms with Crippen LogP contribution in [0.5, 0.6) is 11.5 Å². The number of carbonyl (C=O) groups is 2. The number of hydrogen-bond acceptors (Lipinski definition) is 6. The molecule has 1 atom stereocenters. The Labute approximate surface area is 198 Å². The Morgan fingerprint density at radius 1 is 1.27 bits per heavy atom. The number of nitrogens with one attached hydrogen (secondary N) is 1. The molecule has 0 radical (unpaired) electrons. The van der Waals surface area contributed by atoms with Gasteiger partial charge in [0.15, 0.2) is 11.5 Å². The Bertz CT molecular complexity index is 1080. The third-order valence-electron chi connectivity index (χ3n) is 5.62. The second-order valence-electron chi connectivity index (χ2n) is 7.85. The van der Waals surface area contributed by atoms with E-state index >= 15 is 0 Å². The molecule has 0 saturated carbocycles. The second-order valence-corrected chi connectivity index (χ2v) is 8.93. The van der Waals surface area contributed by atoms with Crippen LogP contribution in [0.1, 0.15) is 35.7 Å². The molecule has 33 heavy (non-hydrogen) atoms. The second kappa shape index (κ2) is 10.3. The fraction of sp³-hybridized carbons (Fsp3) is 0.360. The highest BCUT2D eigenvalue weighted by Crippen LogP contribution is 2.42. The van der Waals surface area contributed by atoms with Gasteiger partial charge in [-0.2, -0.15) is 0 Å². The van der Waals surface area contributed by atoms with Gasteiger partial charge in [-0.1, -0.05) is 17.8 Å². The number of likely N-dealkylation sites (N-methyl/N-ethyl adjacent to an activating group) is 1. The van der Waals surface area contributed by atoms with Gasteiger partial charge in [0.25, 0.3) is 11.8 Å². The number of amides is 2. The number of benzene rings is 2. The number of rotatable bonds is 7. The van der Waals surface area contributed by atoms with Crippen LogP contribution in [0.4, 0.5) is 5.69 Å². The van der Waals surface area contributed by atoms with Crippen LogP contribution in [0, 0.1) is 0 Å². The Morgan fingerprint density at radius 3 is 2.85 bits per heavy atom. The highest BCUT2D eigenvalue weighted by Gasteiger charge is 2.27. The molecule has 4 rings (SSSR count). The van der Waals surface area contributed by atoms with E-state index in [-0.39, 0.29) is 17.9 Å². The molecule has 0 bridgehead atoms. The van der Waals surface area contributed by atoms with E-state index in [1.165, 1.54) is 11.8 Å². The third kappa shape index (κ3) is 5.17. The van der Waals surface area contributed by atoms with Gasteiger partial charge in [0.1, 0.15) is 0 Å².